The second-order valence-electron chi connectivity index (χ2n) is 7.15. The molecule has 0 aliphatic rings. The number of pyridine rings is 2. The molecule has 10 heteroatoms. The van der Waals surface area contributed by atoms with Gasteiger partial charge in [-0.1, -0.05) is 6.07 Å². The van der Waals surface area contributed by atoms with Gasteiger partial charge in [0.2, 0.25) is 11.5 Å². The van der Waals surface area contributed by atoms with Crippen molar-refractivity contribution in [3.63, 3.8) is 0 Å². The average Bonchev–Trinajstić information content (AvgIpc) is 3.36. The normalized spacial score (nSPS) is 11.2. The maximum absolute atomic E-state index is 11.6. The van der Waals surface area contributed by atoms with E-state index in [0.29, 0.717) is 12.4 Å². The van der Waals surface area contributed by atoms with E-state index < -0.39 is 0 Å². The van der Waals surface area contributed by atoms with Gasteiger partial charge < -0.3 is 9.88 Å². The maximum Gasteiger partial charge on any atom is 0.250 e. The van der Waals surface area contributed by atoms with E-state index in [1.807, 2.05) is 54.2 Å². The van der Waals surface area contributed by atoms with Crippen LogP contribution in [0.3, 0.4) is 0 Å². The molecule has 0 saturated carbocycles. The summed E-state index contributed by atoms with van der Waals surface area (Å²) in [5.74, 6) is 2.08. The van der Waals surface area contributed by atoms with E-state index in [2.05, 4.69) is 30.6 Å². The molecule has 10 nitrogen and oxygen atoms in total. The summed E-state index contributed by atoms with van der Waals surface area (Å²) < 4.78 is 5.21. The van der Waals surface area contributed by atoms with Gasteiger partial charge in [-0.15, -0.1) is 10.2 Å². The third kappa shape index (κ3) is 3.66. The standard InChI is InChI=1S/C21H19N9O/c1-28-13-14(3-4-20(28)31)11-18-26-27-19-12-15(7-10-30(18)19)16-5-8-22-21(24-16)25-17-6-9-23-29(17)2/h3-10,12-13H,11H2,1-2H3,(H,22,24,25). The third-order valence-electron chi connectivity index (χ3n) is 5.00. The molecule has 0 spiro atoms. The summed E-state index contributed by atoms with van der Waals surface area (Å²) in [7, 11) is 3.58. The minimum absolute atomic E-state index is 0.0402. The first-order valence-corrected chi connectivity index (χ1v) is 9.64. The van der Waals surface area contributed by atoms with E-state index in [1.165, 1.54) is 0 Å². The Kier molecular flexibility index (Phi) is 4.51. The Morgan fingerprint density at radius 2 is 1.94 bits per heavy atom. The van der Waals surface area contributed by atoms with Crippen molar-refractivity contribution in [2.75, 3.05) is 5.32 Å². The van der Waals surface area contributed by atoms with Gasteiger partial charge in [0.15, 0.2) is 5.65 Å². The van der Waals surface area contributed by atoms with Crippen LogP contribution >= 0.6 is 0 Å². The van der Waals surface area contributed by atoms with E-state index in [0.717, 1.165) is 34.1 Å². The number of nitrogens with zero attached hydrogens (tertiary/aromatic N) is 8. The summed E-state index contributed by atoms with van der Waals surface area (Å²) in [6.45, 7) is 0. The molecule has 0 aromatic carbocycles. The highest BCUT2D eigenvalue weighted by atomic mass is 16.1. The first kappa shape index (κ1) is 18.7. The molecular weight excluding hydrogens is 394 g/mol. The van der Waals surface area contributed by atoms with Crippen molar-refractivity contribution in [1.29, 1.82) is 0 Å². The van der Waals surface area contributed by atoms with E-state index in [9.17, 15) is 4.79 Å². The number of rotatable bonds is 5. The molecule has 0 atom stereocenters. The Morgan fingerprint density at radius 1 is 1.03 bits per heavy atom. The zero-order valence-corrected chi connectivity index (χ0v) is 17.0. The fourth-order valence-corrected chi connectivity index (χ4v) is 3.35. The molecule has 0 radical (unpaired) electrons. The monoisotopic (exact) mass is 413 g/mol. The van der Waals surface area contributed by atoms with E-state index in [1.54, 1.807) is 34.8 Å². The van der Waals surface area contributed by atoms with Crippen molar-refractivity contribution in [3.8, 4) is 11.3 Å². The predicted octanol–water partition coefficient (Wildman–Crippen LogP) is 1.95. The lowest BCUT2D eigenvalue weighted by Crippen LogP contribution is -2.15. The lowest BCUT2D eigenvalue weighted by Gasteiger charge is -2.07. The van der Waals surface area contributed by atoms with Crippen LogP contribution in [0.15, 0.2) is 66.0 Å². The minimum atomic E-state index is -0.0402. The predicted molar refractivity (Wildman–Crippen MR) is 115 cm³/mol. The van der Waals surface area contributed by atoms with Crippen molar-refractivity contribution in [1.82, 2.24) is 38.9 Å². The summed E-state index contributed by atoms with van der Waals surface area (Å²) in [5.41, 5.74) is 3.34. The van der Waals surface area contributed by atoms with Crippen molar-refractivity contribution >= 4 is 17.4 Å². The van der Waals surface area contributed by atoms with Gasteiger partial charge in [0.25, 0.3) is 0 Å². The van der Waals surface area contributed by atoms with Crippen LogP contribution in [0, 0.1) is 0 Å². The Hall–Kier alpha value is -4.34. The van der Waals surface area contributed by atoms with Gasteiger partial charge >= 0.3 is 0 Å². The van der Waals surface area contributed by atoms with Crippen molar-refractivity contribution < 1.29 is 0 Å². The number of hydrogen-bond donors (Lipinski definition) is 1. The fourth-order valence-electron chi connectivity index (χ4n) is 3.35. The largest absolute Gasteiger partial charge is 0.318 e. The lowest BCUT2D eigenvalue weighted by atomic mass is 10.2. The summed E-state index contributed by atoms with van der Waals surface area (Å²) in [6.07, 6.45) is 7.73. The fraction of sp³-hybridized carbons (Fsp3) is 0.143. The molecule has 5 aromatic rings. The number of aromatic nitrogens is 8. The summed E-state index contributed by atoms with van der Waals surface area (Å²) in [5, 5.41) is 15.9. The number of nitrogens with one attached hydrogen (secondary N) is 1. The van der Waals surface area contributed by atoms with Crippen molar-refractivity contribution in [2.45, 2.75) is 6.42 Å². The molecule has 0 aliphatic heterocycles. The Morgan fingerprint density at radius 3 is 2.74 bits per heavy atom. The van der Waals surface area contributed by atoms with Gasteiger partial charge in [0.05, 0.1) is 11.9 Å². The van der Waals surface area contributed by atoms with Crippen LogP contribution in [0.2, 0.25) is 0 Å². The van der Waals surface area contributed by atoms with E-state index >= 15 is 0 Å². The zero-order valence-electron chi connectivity index (χ0n) is 17.0. The highest BCUT2D eigenvalue weighted by Gasteiger charge is 2.10. The van der Waals surface area contributed by atoms with Crippen LogP contribution in [0.25, 0.3) is 16.9 Å². The SMILES string of the molecule is Cn1nccc1Nc1nccc(-c2ccn3c(Cc4ccc(=O)n(C)c4)nnc3c2)n1. The second kappa shape index (κ2) is 7.48. The van der Waals surface area contributed by atoms with Gasteiger partial charge in [-0.25, -0.2) is 9.97 Å². The quantitative estimate of drug-likeness (QED) is 0.469. The smallest absolute Gasteiger partial charge is 0.250 e. The topological polar surface area (TPSA) is 108 Å². The van der Waals surface area contributed by atoms with Crippen LogP contribution in [0.1, 0.15) is 11.4 Å². The molecule has 1 N–H and O–H groups in total. The first-order chi connectivity index (χ1) is 15.1. The molecule has 5 heterocycles. The molecule has 0 aliphatic carbocycles. The molecule has 0 amide bonds. The number of anilines is 2. The van der Waals surface area contributed by atoms with Crippen LogP contribution in [0.5, 0.6) is 0 Å². The summed E-state index contributed by atoms with van der Waals surface area (Å²) in [4.78, 5) is 20.5. The molecule has 0 unspecified atom stereocenters. The first-order valence-electron chi connectivity index (χ1n) is 9.64. The van der Waals surface area contributed by atoms with E-state index in [4.69, 9.17) is 0 Å². The molecule has 154 valence electrons. The highest BCUT2D eigenvalue weighted by Crippen LogP contribution is 2.21. The molecule has 0 saturated heterocycles. The van der Waals surface area contributed by atoms with Gasteiger partial charge in [-0.2, -0.15) is 5.10 Å². The number of fused-ring (bicyclic) bond motifs is 1. The second-order valence-corrected chi connectivity index (χ2v) is 7.15. The van der Waals surface area contributed by atoms with Gasteiger partial charge in [-0.3, -0.25) is 13.9 Å². The zero-order chi connectivity index (χ0) is 21.4. The van der Waals surface area contributed by atoms with Gasteiger partial charge in [0.1, 0.15) is 11.6 Å². The van der Waals surface area contributed by atoms with Crippen LogP contribution < -0.4 is 10.9 Å². The Bertz CT molecular complexity index is 1450. The molecule has 0 fully saturated rings. The molecule has 0 bridgehead atoms. The number of aryl methyl sites for hydroxylation is 2. The van der Waals surface area contributed by atoms with Crippen molar-refractivity contribution in [2.24, 2.45) is 14.1 Å². The van der Waals surface area contributed by atoms with Crippen LogP contribution in [-0.4, -0.2) is 38.9 Å². The van der Waals surface area contributed by atoms with Crippen LogP contribution in [0.4, 0.5) is 11.8 Å². The lowest BCUT2D eigenvalue weighted by molar-refractivity contribution is 0.775. The minimum Gasteiger partial charge on any atom is -0.318 e. The van der Waals surface area contributed by atoms with Gasteiger partial charge in [-0.05, 0) is 23.8 Å². The molecule has 5 rings (SSSR count). The molecular formula is C21H19N9O. The van der Waals surface area contributed by atoms with Crippen LogP contribution in [-0.2, 0) is 20.5 Å². The number of hydrogen-bond acceptors (Lipinski definition) is 7. The highest BCUT2D eigenvalue weighted by molar-refractivity contribution is 5.65. The van der Waals surface area contributed by atoms with Crippen molar-refractivity contribution in [3.05, 3.63) is 82.9 Å². The van der Waals surface area contributed by atoms with E-state index in [-0.39, 0.29) is 5.56 Å². The molecule has 5 aromatic heterocycles. The summed E-state index contributed by atoms with van der Waals surface area (Å²) >= 11 is 0. The Balaban J connectivity index is 1.43. The Labute approximate surface area is 176 Å². The molecule has 31 heavy (non-hydrogen) atoms. The average molecular weight is 413 g/mol. The van der Waals surface area contributed by atoms with Gasteiger partial charge in [0, 0.05) is 56.8 Å². The summed E-state index contributed by atoms with van der Waals surface area (Å²) in [6, 6.07) is 11.0. The third-order valence-corrected chi connectivity index (χ3v) is 5.00. The maximum atomic E-state index is 11.6.